The fourth-order valence-corrected chi connectivity index (χ4v) is 3.06. The molecule has 1 saturated heterocycles. The van der Waals surface area contributed by atoms with E-state index in [1.165, 1.54) is 5.69 Å². The Bertz CT molecular complexity index is 471. The first-order valence-electron chi connectivity index (χ1n) is 7.77. The largest absolute Gasteiger partial charge is 0.496 e. The van der Waals surface area contributed by atoms with Crippen molar-refractivity contribution in [2.75, 3.05) is 38.2 Å². The van der Waals surface area contributed by atoms with Gasteiger partial charge in [-0.1, -0.05) is 6.07 Å². The number of rotatable bonds is 3. The molecule has 0 radical (unpaired) electrons. The minimum absolute atomic E-state index is 0.0307. The van der Waals surface area contributed by atoms with Crippen LogP contribution < -0.4 is 15.4 Å². The van der Waals surface area contributed by atoms with E-state index in [4.69, 9.17) is 10.5 Å². The summed E-state index contributed by atoms with van der Waals surface area (Å²) in [6, 6.07) is 6.18. The maximum Gasteiger partial charge on any atom is 0.125 e. The predicted molar refractivity (Wildman–Crippen MR) is 89.1 cm³/mol. The van der Waals surface area contributed by atoms with Crippen molar-refractivity contribution < 1.29 is 4.74 Å². The molecule has 1 heterocycles. The molecule has 1 unspecified atom stereocenters. The number of methoxy groups -OCH3 is 1. The second-order valence-corrected chi connectivity index (χ2v) is 6.83. The van der Waals surface area contributed by atoms with Crippen LogP contribution in [0.2, 0.25) is 0 Å². The van der Waals surface area contributed by atoms with E-state index in [1.807, 2.05) is 13.0 Å². The highest BCUT2D eigenvalue weighted by molar-refractivity contribution is 5.61. The molecule has 0 amide bonds. The van der Waals surface area contributed by atoms with Crippen LogP contribution >= 0.6 is 0 Å². The SMILES string of the molecule is COc1cccc(N2CCN(C(C)(C)C)CC2)c1C(C)N. The molecule has 1 fully saturated rings. The molecular formula is C17H29N3O. The number of hydrogen-bond donors (Lipinski definition) is 1. The van der Waals surface area contributed by atoms with Gasteiger partial charge in [-0.15, -0.1) is 0 Å². The van der Waals surface area contributed by atoms with Crippen LogP contribution in [-0.2, 0) is 0 Å². The third-order valence-corrected chi connectivity index (χ3v) is 4.29. The highest BCUT2D eigenvalue weighted by atomic mass is 16.5. The summed E-state index contributed by atoms with van der Waals surface area (Å²) in [4.78, 5) is 4.97. The fraction of sp³-hybridized carbons (Fsp3) is 0.647. The Morgan fingerprint density at radius 3 is 2.24 bits per heavy atom. The minimum atomic E-state index is -0.0307. The van der Waals surface area contributed by atoms with Gasteiger partial charge in [-0.2, -0.15) is 0 Å². The Morgan fingerprint density at radius 2 is 1.76 bits per heavy atom. The number of piperazine rings is 1. The van der Waals surface area contributed by atoms with Crippen LogP contribution in [0.3, 0.4) is 0 Å². The molecule has 1 aliphatic rings. The van der Waals surface area contributed by atoms with E-state index in [1.54, 1.807) is 7.11 Å². The van der Waals surface area contributed by atoms with Crippen molar-refractivity contribution in [3.05, 3.63) is 23.8 Å². The summed E-state index contributed by atoms with van der Waals surface area (Å²) in [7, 11) is 1.71. The van der Waals surface area contributed by atoms with Crippen molar-refractivity contribution in [2.24, 2.45) is 5.73 Å². The van der Waals surface area contributed by atoms with Crippen LogP contribution in [0.15, 0.2) is 18.2 Å². The molecule has 1 aromatic carbocycles. The molecule has 2 N–H and O–H groups in total. The molecule has 118 valence electrons. The Balaban J connectivity index is 2.21. The zero-order valence-corrected chi connectivity index (χ0v) is 14.0. The van der Waals surface area contributed by atoms with E-state index in [-0.39, 0.29) is 11.6 Å². The highest BCUT2D eigenvalue weighted by Crippen LogP contribution is 2.34. The molecule has 4 heteroatoms. The normalized spacial score (nSPS) is 18.7. The van der Waals surface area contributed by atoms with Gasteiger partial charge < -0.3 is 15.4 Å². The van der Waals surface area contributed by atoms with Crippen LogP contribution in [0.25, 0.3) is 0 Å². The summed E-state index contributed by atoms with van der Waals surface area (Å²) in [5.41, 5.74) is 8.75. The monoisotopic (exact) mass is 291 g/mol. The Labute approximate surface area is 128 Å². The summed E-state index contributed by atoms with van der Waals surface area (Å²) in [5.74, 6) is 0.890. The summed E-state index contributed by atoms with van der Waals surface area (Å²) in [6.07, 6.45) is 0. The van der Waals surface area contributed by atoms with E-state index in [9.17, 15) is 0 Å². The molecule has 0 spiro atoms. The van der Waals surface area contributed by atoms with Crippen LogP contribution in [-0.4, -0.2) is 43.7 Å². The maximum atomic E-state index is 6.18. The van der Waals surface area contributed by atoms with Crippen molar-refractivity contribution in [3.63, 3.8) is 0 Å². The topological polar surface area (TPSA) is 41.7 Å². The lowest BCUT2D eigenvalue weighted by atomic mass is 10.0. The Morgan fingerprint density at radius 1 is 1.14 bits per heavy atom. The molecule has 2 rings (SSSR count). The van der Waals surface area contributed by atoms with Crippen LogP contribution in [0, 0.1) is 0 Å². The van der Waals surface area contributed by atoms with E-state index in [0.29, 0.717) is 0 Å². The van der Waals surface area contributed by atoms with Gasteiger partial charge in [0.05, 0.1) is 7.11 Å². The Kier molecular flexibility index (Phi) is 4.79. The molecule has 0 bridgehead atoms. The molecule has 1 aromatic rings. The zero-order valence-electron chi connectivity index (χ0n) is 14.0. The first kappa shape index (κ1) is 16.1. The third kappa shape index (κ3) is 3.50. The summed E-state index contributed by atoms with van der Waals surface area (Å²) in [6.45, 7) is 13.1. The lowest BCUT2D eigenvalue weighted by Crippen LogP contribution is -2.53. The van der Waals surface area contributed by atoms with Gasteiger partial charge in [0, 0.05) is 49.0 Å². The zero-order chi connectivity index (χ0) is 15.6. The second-order valence-electron chi connectivity index (χ2n) is 6.83. The van der Waals surface area contributed by atoms with Crippen molar-refractivity contribution in [3.8, 4) is 5.75 Å². The van der Waals surface area contributed by atoms with Gasteiger partial charge in [-0.25, -0.2) is 0 Å². The van der Waals surface area contributed by atoms with Crippen molar-refractivity contribution in [1.29, 1.82) is 0 Å². The molecule has 1 atom stereocenters. The number of ether oxygens (including phenoxy) is 1. The van der Waals surface area contributed by atoms with E-state index >= 15 is 0 Å². The van der Waals surface area contributed by atoms with Crippen molar-refractivity contribution in [2.45, 2.75) is 39.3 Å². The number of nitrogens with zero attached hydrogens (tertiary/aromatic N) is 2. The van der Waals surface area contributed by atoms with Crippen molar-refractivity contribution >= 4 is 5.69 Å². The molecule has 0 saturated carbocycles. The first-order valence-corrected chi connectivity index (χ1v) is 7.77. The highest BCUT2D eigenvalue weighted by Gasteiger charge is 2.27. The third-order valence-electron chi connectivity index (χ3n) is 4.29. The maximum absolute atomic E-state index is 6.18. The molecule has 21 heavy (non-hydrogen) atoms. The lowest BCUT2D eigenvalue weighted by molar-refractivity contribution is 0.128. The van der Waals surface area contributed by atoms with Gasteiger partial charge in [0.2, 0.25) is 0 Å². The smallest absolute Gasteiger partial charge is 0.125 e. The summed E-state index contributed by atoms with van der Waals surface area (Å²) < 4.78 is 5.50. The second kappa shape index (κ2) is 6.24. The van der Waals surface area contributed by atoms with Gasteiger partial charge in [-0.3, -0.25) is 4.90 Å². The number of nitrogens with two attached hydrogens (primary N) is 1. The predicted octanol–water partition coefficient (Wildman–Crippen LogP) is 2.64. The summed E-state index contributed by atoms with van der Waals surface area (Å²) >= 11 is 0. The van der Waals surface area contributed by atoms with E-state index in [2.05, 4.69) is 42.7 Å². The minimum Gasteiger partial charge on any atom is -0.496 e. The molecular weight excluding hydrogens is 262 g/mol. The molecule has 1 aliphatic heterocycles. The standard InChI is InChI=1S/C17H29N3O/c1-13(18)16-14(7-6-8-15(16)21-5)19-9-11-20(12-10-19)17(2,3)4/h6-8,13H,9-12,18H2,1-5H3. The molecule has 0 aliphatic carbocycles. The van der Waals surface area contributed by atoms with Gasteiger partial charge in [0.25, 0.3) is 0 Å². The van der Waals surface area contributed by atoms with Gasteiger partial charge in [-0.05, 0) is 39.8 Å². The average Bonchev–Trinajstić information content (AvgIpc) is 2.45. The van der Waals surface area contributed by atoms with Crippen molar-refractivity contribution in [1.82, 2.24) is 4.90 Å². The number of anilines is 1. The van der Waals surface area contributed by atoms with Gasteiger partial charge >= 0.3 is 0 Å². The van der Waals surface area contributed by atoms with Crippen LogP contribution in [0.4, 0.5) is 5.69 Å². The molecule has 0 aromatic heterocycles. The van der Waals surface area contributed by atoms with Crippen LogP contribution in [0.5, 0.6) is 5.75 Å². The fourth-order valence-electron chi connectivity index (χ4n) is 3.06. The number of benzene rings is 1. The van der Waals surface area contributed by atoms with E-state index in [0.717, 1.165) is 37.5 Å². The average molecular weight is 291 g/mol. The molecule has 4 nitrogen and oxygen atoms in total. The van der Waals surface area contributed by atoms with Crippen LogP contribution in [0.1, 0.15) is 39.3 Å². The summed E-state index contributed by atoms with van der Waals surface area (Å²) in [5, 5.41) is 0. The first-order chi connectivity index (χ1) is 9.84. The lowest BCUT2D eigenvalue weighted by Gasteiger charge is -2.43. The Hall–Kier alpha value is -1.26. The van der Waals surface area contributed by atoms with Gasteiger partial charge in [0.15, 0.2) is 0 Å². The van der Waals surface area contributed by atoms with Gasteiger partial charge in [0.1, 0.15) is 5.75 Å². The van der Waals surface area contributed by atoms with E-state index < -0.39 is 0 Å². The quantitative estimate of drug-likeness (QED) is 0.929. The number of hydrogen-bond acceptors (Lipinski definition) is 4.